The molecule has 0 aliphatic heterocycles. The first kappa shape index (κ1) is 12.8. The normalized spacial score (nSPS) is 10.1. The Balaban J connectivity index is 2.31. The number of nitrogens with two attached hydrogens (primary N) is 1. The first-order valence-electron chi connectivity index (χ1n) is 5.36. The molecule has 0 fully saturated rings. The monoisotopic (exact) mass is 277 g/mol. The molecule has 0 aliphatic carbocycles. The van der Waals surface area contributed by atoms with Gasteiger partial charge in [0.15, 0.2) is 0 Å². The lowest BCUT2D eigenvalue weighted by Crippen LogP contribution is -2.12. The van der Waals surface area contributed by atoms with Crippen molar-refractivity contribution in [3.05, 3.63) is 52.7 Å². The van der Waals surface area contributed by atoms with Gasteiger partial charge in [-0.15, -0.1) is 0 Å². The Hall–Kier alpha value is -1.65. The Bertz CT molecular complexity index is 599. The van der Waals surface area contributed by atoms with E-state index in [1.54, 1.807) is 6.07 Å². The first-order chi connectivity index (χ1) is 8.56. The van der Waals surface area contributed by atoms with Crippen LogP contribution in [0.25, 0.3) is 0 Å². The summed E-state index contributed by atoms with van der Waals surface area (Å²) >= 11 is 10.9. The molecule has 1 aromatic heterocycles. The summed E-state index contributed by atoms with van der Waals surface area (Å²) in [6, 6.07) is 11.1. The van der Waals surface area contributed by atoms with Gasteiger partial charge in [-0.1, -0.05) is 36.0 Å². The number of hydrogen-bond acceptors (Lipinski definition) is 3. The number of aryl methyl sites for hydroxylation is 1. The smallest absolute Gasteiger partial charge is 0.131 e. The standard InChI is InChI=1S/C13H12ClN3S/c1-8-5-6-9(14)7-11(8)17-12-4-2-3-10(16-12)13(15)18/h2-7H,1H3,(H2,15,18)(H,16,17). The Morgan fingerprint density at radius 2 is 2.11 bits per heavy atom. The van der Waals surface area contributed by atoms with Crippen LogP contribution in [0.1, 0.15) is 11.3 Å². The second-order valence-electron chi connectivity index (χ2n) is 3.86. The van der Waals surface area contributed by atoms with Crippen LogP contribution in [0.5, 0.6) is 0 Å². The summed E-state index contributed by atoms with van der Waals surface area (Å²) in [5.74, 6) is 0.686. The Morgan fingerprint density at radius 3 is 2.83 bits per heavy atom. The van der Waals surface area contributed by atoms with Gasteiger partial charge >= 0.3 is 0 Å². The third-order valence-corrected chi connectivity index (χ3v) is 2.91. The van der Waals surface area contributed by atoms with E-state index in [1.807, 2.05) is 37.3 Å². The predicted molar refractivity (Wildman–Crippen MR) is 79.6 cm³/mol. The molecule has 3 N–H and O–H groups in total. The largest absolute Gasteiger partial charge is 0.388 e. The van der Waals surface area contributed by atoms with E-state index in [4.69, 9.17) is 29.6 Å². The molecule has 0 radical (unpaired) electrons. The number of benzene rings is 1. The van der Waals surface area contributed by atoms with E-state index in [0.29, 0.717) is 16.5 Å². The van der Waals surface area contributed by atoms with Crippen LogP contribution in [0.2, 0.25) is 5.02 Å². The molecule has 5 heteroatoms. The van der Waals surface area contributed by atoms with Crippen LogP contribution in [0.15, 0.2) is 36.4 Å². The summed E-state index contributed by atoms with van der Waals surface area (Å²) in [5, 5.41) is 3.87. The van der Waals surface area contributed by atoms with Crippen molar-refractivity contribution in [2.45, 2.75) is 6.92 Å². The Morgan fingerprint density at radius 1 is 1.33 bits per heavy atom. The zero-order valence-electron chi connectivity index (χ0n) is 9.77. The average molecular weight is 278 g/mol. The number of pyridine rings is 1. The summed E-state index contributed by atoms with van der Waals surface area (Å²) in [4.78, 5) is 4.60. The minimum Gasteiger partial charge on any atom is -0.388 e. The third kappa shape index (κ3) is 2.97. The molecule has 18 heavy (non-hydrogen) atoms. The maximum Gasteiger partial charge on any atom is 0.131 e. The minimum absolute atomic E-state index is 0.279. The van der Waals surface area contributed by atoms with Crippen LogP contribution in [-0.4, -0.2) is 9.97 Å². The van der Waals surface area contributed by atoms with E-state index in [9.17, 15) is 0 Å². The number of thiocarbonyl (C=S) groups is 1. The number of halogens is 1. The van der Waals surface area contributed by atoms with Crippen molar-refractivity contribution >= 4 is 40.3 Å². The summed E-state index contributed by atoms with van der Waals surface area (Å²) in [6.07, 6.45) is 0. The molecule has 0 spiro atoms. The number of hydrogen-bond donors (Lipinski definition) is 2. The maximum atomic E-state index is 5.96. The molecule has 0 saturated heterocycles. The zero-order chi connectivity index (χ0) is 13.1. The molecule has 3 nitrogen and oxygen atoms in total. The second kappa shape index (κ2) is 5.33. The van der Waals surface area contributed by atoms with Gasteiger partial charge in [0.2, 0.25) is 0 Å². The zero-order valence-corrected chi connectivity index (χ0v) is 11.3. The highest BCUT2D eigenvalue weighted by atomic mass is 35.5. The van der Waals surface area contributed by atoms with Crippen molar-refractivity contribution in [1.82, 2.24) is 4.98 Å². The minimum atomic E-state index is 0.279. The van der Waals surface area contributed by atoms with Gasteiger partial charge in [-0.3, -0.25) is 0 Å². The Labute approximate surface area is 116 Å². The van der Waals surface area contributed by atoms with E-state index in [-0.39, 0.29) is 4.99 Å². The number of nitrogens with one attached hydrogen (secondary N) is 1. The topological polar surface area (TPSA) is 50.9 Å². The van der Waals surface area contributed by atoms with Crippen molar-refractivity contribution in [2.24, 2.45) is 5.73 Å². The molecule has 0 aliphatic rings. The van der Waals surface area contributed by atoms with Crippen LogP contribution in [-0.2, 0) is 0 Å². The molecule has 0 saturated carbocycles. The van der Waals surface area contributed by atoms with Crippen molar-refractivity contribution < 1.29 is 0 Å². The molecule has 2 aromatic rings. The lowest BCUT2D eigenvalue weighted by atomic mass is 10.2. The van der Waals surface area contributed by atoms with E-state index < -0.39 is 0 Å². The van der Waals surface area contributed by atoms with Crippen LogP contribution in [0.4, 0.5) is 11.5 Å². The van der Waals surface area contributed by atoms with Crippen molar-refractivity contribution in [2.75, 3.05) is 5.32 Å². The van der Waals surface area contributed by atoms with E-state index >= 15 is 0 Å². The quantitative estimate of drug-likeness (QED) is 0.844. The van der Waals surface area contributed by atoms with Crippen LogP contribution >= 0.6 is 23.8 Å². The van der Waals surface area contributed by atoms with Crippen molar-refractivity contribution in [3.8, 4) is 0 Å². The summed E-state index contributed by atoms with van der Waals surface area (Å²) in [6.45, 7) is 2.00. The molecule has 0 bridgehead atoms. The van der Waals surface area contributed by atoms with Gasteiger partial charge in [0, 0.05) is 10.7 Å². The van der Waals surface area contributed by atoms with Gasteiger partial charge in [0.1, 0.15) is 10.8 Å². The SMILES string of the molecule is Cc1ccc(Cl)cc1Nc1cccc(C(N)=S)n1. The lowest BCUT2D eigenvalue weighted by molar-refractivity contribution is 1.27. The van der Waals surface area contributed by atoms with Gasteiger partial charge in [0.05, 0.1) is 5.69 Å². The molecule has 0 unspecified atom stereocenters. The fraction of sp³-hybridized carbons (Fsp3) is 0.0769. The number of rotatable bonds is 3. The average Bonchev–Trinajstić information content (AvgIpc) is 2.34. The lowest BCUT2D eigenvalue weighted by Gasteiger charge is -2.10. The predicted octanol–water partition coefficient (Wildman–Crippen LogP) is 3.42. The fourth-order valence-electron chi connectivity index (χ4n) is 1.51. The van der Waals surface area contributed by atoms with Crippen LogP contribution < -0.4 is 11.1 Å². The molecule has 92 valence electrons. The summed E-state index contributed by atoms with van der Waals surface area (Å²) in [7, 11) is 0. The fourth-order valence-corrected chi connectivity index (χ4v) is 1.79. The highest BCUT2D eigenvalue weighted by Gasteiger charge is 2.03. The van der Waals surface area contributed by atoms with Crippen molar-refractivity contribution in [3.63, 3.8) is 0 Å². The molecule has 0 atom stereocenters. The highest BCUT2D eigenvalue weighted by molar-refractivity contribution is 7.80. The van der Waals surface area contributed by atoms with Gasteiger partial charge in [-0.2, -0.15) is 0 Å². The van der Waals surface area contributed by atoms with E-state index in [0.717, 1.165) is 11.3 Å². The summed E-state index contributed by atoms with van der Waals surface area (Å²) in [5.41, 5.74) is 8.14. The number of anilines is 2. The maximum absolute atomic E-state index is 5.96. The van der Waals surface area contributed by atoms with Crippen LogP contribution in [0, 0.1) is 6.92 Å². The molecule has 2 rings (SSSR count). The Kier molecular flexibility index (Phi) is 3.79. The number of aromatic nitrogens is 1. The number of nitrogens with zero attached hydrogens (tertiary/aromatic N) is 1. The first-order valence-corrected chi connectivity index (χ1v) is 6.15. The summed E-state index contributed by atoms with van der Waals surface area (Å²) < 4.78 is 0. The van der Waals surface area contributed by atoms with Crippen LogP contribution in [0.3, 0.4) is 0 Å². The van der Waals surface area contributed by atoms with Crippen molar-refractivity contribution in [1.29, 1.82) is 0 Å². The molecule has 1 heterocycles. The van der Waals surface area contributed by atoms with E-state index in [2.05, 4.69) is 10.3 Å². The molecule has 0 amide bonds. The molecular formula is C13H12ClN3S. The van der Waals surface area contributed by atoms with Gasteiger partial charge in [0.25, 0.3) is 0 Å². The molecular weight excluding hydrogens is 266 g/mol. The van der Waals surface area contributed by atoms with Gasteiger partial charge in [-0.25, -0.2) is 4.98 Å². The molecule has 1 aromatic carbocycles. The van der Waals surface area contributed by atoms with E-state index in [1.165, 1.54) is 0 Å². The third-order valence-electron chi connectivity index (χ3n) is 2.46. The van der Waals surface area contributed by atoms with Gasteiger partial charge in [-0.05, 0) is 36.8 Å². The highest BCUT2D eigenvalue weighted by Crippen LogP contribution is 2.23. The van der Waals surface area contributed by atoms with Gasteiger partial charge < -0.3 is 11.1 Å². The second-order valence-corrected chi connectivity index (χ2v) is 4.73.